The van der Waals surface area contributed by atoms with Crippen LogP contribution in [0.2, 0.25) is 0 Å². The van der Waals surface area contributed by atoms with Crippen molar-refractivity contribution in [3.63, 3.8) is 0 Å². The molecule has 0 saturated heterocycles. The lowest BCUT2D eigenvalue weighted by molar-refractivity contribution is 0.173. The predicted octanol–water partition coefficient (Wildman–Crippen LogP) is 1.31. The number of nitrogens with zero attached hydrogens (tertiary/aromatic N) is 1. The fourth-order valence-corrected chi connectivity index (χ4v) is 1.81. The van der Waals surface area contributed by atoms with E-state index in [0.29, 0.717) is 13.2 Å². The summed E-state index contributed by atoms with van der Waals surface area (Å²) in [6.45, 7) is 2.32. The molecule has 100 valence electrons. The average molecular weight is 261 g/mol. The van der Waals surface area contributed by atoms with Gasteiger partial charge in [-0.25, -0.2) is 4.98 Å². The minimum atomic E-state index is 0.281. The zero-order valence-electron chi connectivity index (χ0n) is 10.4. The van der Waals surface area contributed by atoms with Crippen LogP contribution in [0.5, 0.6) is 17.2 Å². The summed E-state index contributed by atoms with van der Waals surface area (Å²) in [5.41, 5.74) is 0. The summed E-state index contributed by atoms with van der Waals surface area (Å²) >= 11 is 0. The Hall–Kier alpha value is -2.21. The van der Waals surface area contributed by atoms with Crippen molar-refractivity contribution in [2.24, 2.45) is 0 Å². The van der Waals surface area contributed by atoms with E-state index in [1.54, 1.807) is 12.4 Å². The van der Waals surface area contributed by atoms with Crippen LogP contribution in [0.1, 0.15) is 5.82 Å². The third-order valence-electron chi connectivity index (χ3n) is 2.74. The molecule has 0 amide bonds. The molecule has 0 unspecified atom stereocenters. The molecule has 19 heavy (non-hydrogen) atoms. The number of hydrogen-bond donors (Lipinski definition) is 2. The zero-order chi connectivity index (χ0) is 12.9. The lowest BCUT2D eigenvalue weighted by Gasteiger charge is -2.07. The molecule has 0 saturated carbocycles. The highest BCUT2D eigenvalue weighted by Crippen LogP contribution is 2.34. The molecule has 1 aromatic heterocycles. The van der Waals surface area contributed by atoms with E-state index in [-0.39, 0.29) is 6.79 Å². The normalized spacial score (nSPS) is 12.6. The molecule has 0 aliphatic carbocycles. The van der Waals surface area contributed by atoms with Crippen LogP contribution >= 0.6 is 0 Å². The van der Waals surface area contributed by atoms with E-state index in [1.807, 2.05) is 18.2 Å². The SMILES string of the molecule is c1c[nH]c(CNCCOc2ccc3c(c2)OCO3)n1. The second-order valence-corrected chi connectivity index (χ2v) is 4.08. The van der Waals surface area contributed by atoms with Gasteiger partial charge in [-0.05, 0) is 12.1 Å². The van der Waals surface area contributed by atoms with E-state index < -0.39 is 0 Å². The van der Waals surface area contributed by atoms with Gasteiger partial charge in [0, 0.05) is 25.0 Å². The van der Waals surface area contributed by atoms with Crippen LogP contribution in [-0.4, -0.2) is 29.9 Å². The molecule has 3 rings (SSSR count). The van der Waals surface area contributed by atoms with Crippen molar-refractivity contribution in [2.45, 2.75) is 6.54 Å². The Bertz CT molecular complexity index is 528. The van der Waals surface area contributed by atoms with Crippen molar-refractivity contribution in [2.75, 3.05) is 19.9 Å². The monoisotopic (exact) mass is 261 g/mol. The zero-order valence-corrected chi connectivity index (χ0v) is 10.4. The summed E-state index contributed by atoms with van der Waals surface area (Å²) in [4.78, 5) is 7.15. The first-order valence-electron chi connectivity index (χ1n) is 6.13. The van der Waals surface area contributed by atoms with E-state index in [2.05, 4.69) is 15.3 Å². The molecule has 1 aliphatic heterocycles. The van der Waals surface area contributed by atoms with Crippen LogP contribution in [0, 0.1) is 0 Å². The molecule has 6 nitrogen and oxygen atoms in total. The number of aromatic nitrogens is 2. The Labute approximate surface area is 110 Å². The Kier molecular flexibility index (Phi) is 3.51. The van der Waals surface area contributed by atoms with Gasteiger partial charge in [0.2, 0.25) is 6.79 Å². The Morgan fingerprint density at radius 3 is 3.16 bits per heavy atom. The molecule has 2 N–H and O–H groups in total. The number of rotatable bonds is 6. The van der Waals surface area contributed by atoms with Crippen molar-refractivity contribution < 1.29 is 14.2 Å². The minimum Gasteiger partial charge on any atom is -0.492 e. The maximum absolute atomic E-state index is 5.62. The molecule has 0 fully saturated rings. The van der Waals surface area contributed by atoms with Gasteiger partial charge in [0.15, 0.2) is 11.5 Å². The molecular weight excluding hydrogens is 246 g/mol. The van der Waals surface area contributed by atoms with Crippen LogP contribution in [0.25, 0.3) is 0 Å². The summed E-state index contributed by atoms with van der Waals surface area (Å²) in [5.74, 6) is 3.21. The predicted molar refractivity (Wildman–Crippen MR) is 68.4 cm³/mol. The summed E-state index contributed by atoms with van der Waals surface area (Å²) < 4.78 is 16.1. The fraction of sp³-hybridized carbons (Fsp3) is 0.308. The second-order valence-electron chi connectivity index (χ2n) is 4.08. The number of H-pyrrole nitrogens is 1. The molecule has 2 heterocycles. The maximum atomic E-state index is 5.62. The molecule has 1 aliphatic rings. The first-order chi connectivity index (χ1) is 9.42. The highest BCUT2D eigenvalue weighted by Gasteiger charge is 2.13. The van der Waals surface area contributed by atoms with Gasteiger partial charge in [0.1, 0.15) is 18.2 Å². The minimum absolute atomic E-state index is 0.281. The first kappa shape index (κ1) is 11.9. The van der Waals surface area contributed by atoms with Crippen LogP contribution in [0.15, 0.2) is 30.6 Å². The molecule has 0 spiro atoms. The van der Waals surface area contributed by atoms with E-state index in [4.69, 9.17) is 14.2 Å². The molecule has 2 aromatic rings. The van der Waals surface area contributed by atoms with Crippen molar-refractivity contribution in [3.8, 4) is 17.2 Å². The topological polar surface area (TPSA) is 68.4 Å². The van der Waals surface area contributed by atoms with E-state index in [9.17, 15) is 0 Å². The Balaban J connectivity index is 1.40. The first-order valence-corrected chi connectivity index (χ1v) is 6.13. The van der Waals surface area contributed by atoms with Gasteiger partial charge in [-0.15, -0.1) is 0 Å². The number of benzene rings is 1. The number of nitrogens with one attached hydrogen (secondary N) is 2. The van der Waals surface area contributed by atoms with Gasteiger partial charge in [-0.1, -0.05) is 0 Å². The molecule has 0 atom stereocenters. The van der Waals surface area contributed by atoms with Crippen molar-refractivity contribution in [3.05, 3.63) is 36.4 Å². The van der Waals surface area contributed by atoms with Crippen LogP contribution < -0.4 is 19.5 Å². The molecule has 1 aromatic carbocycles. The molecular formula is C13H15N3O3. The summed E-state index contributed by atoms with van der Waals surface area (Å²) in [6, 6.07) is 5.57. The molecule has 0 radical (unpaired) electrons. The molecule has 0 bridgehead atoms. The Morgan fingerprint density at radius 2 is 2.26 bits per heavy atom. The number of ether oxygens (including phenoxy) is 3. The quantitative estimate of drug-likeness (QED) is 0.767. The number of fused-ring (bicyclic) bond motifs is 1. The maximum Gasteiger partial charge on any atom is 0.231 e. The smallest absolute Gasteiger partial charge is 0.231 e. The van der Waals surface area contributed by atoms with E-state index in [1.165, 1.54) is 0 Å². The van der Waals surface area contributed by atoms with Crippen molar-refractivity contribution in [1.82, 2.24) is 15.3 Å². The average Bonchev–Trinajstić information content (AvgIpc) is 3.08. The Morgan fingerprint density at radius 1 is 1.32 bits per heavy atom. The summed E-state index contributed by atoms with van der Waals surface area (Å²) in [5, 5.41) is 3.24. The summed E-state index contributed by atoms with van der Waals surface area (Å²) in [7, 11) is 0. The van der Waals surface area contributed by atoms with Crippen molar-refractivity contribution in [1.29, 1.82) is 0 Å². The van der Waals surface area contributed by atoms with Gasteiger partial charge >= 0.3 is 0 Å². The third kappa shape index (κ3) is 2.97. The van der Waals surface area contributed by atoms with Crippen LogP contribution in [-0.2, 0) is 6.54 Å². The molecule has 6 heteroatoms. The number of imidazole rings is 1. The highest BCUT2D eigenvalue weighted by atomic mass is 16.7. The number of hydrogen-bond acceptors (Lipinski definition) is 5. The number of aromatic amines is 1. The van der Waals surface area contributed by atoms with Gasteiger partial charge in [0.25, 0.3) is 0 Å². The second kappa shape index (κ2) is 5.62. The van der Waals surface area contributed by atoms with Crippen molar-refractivity contribution >= 4 is 0 Å². The van der Waals surface area contributed by atoms with Crippen LogP contribution in [0.3, 0.4) is 0 Å². The lowest BCUT2D eigenvalue weighted by atomic mass is 10.3. The summed E-state index contributed by atoms with van der Waals surface area (Å²) in [6.07, 6.45) is 3.54. The lowest BCUT2D eigenvalue weighted by Crippen LogP contribution is -2.21. The largest absolute Gasteiger partial charge is 0.492 e. The van der Waals surface area contributed by atoms with E-state index >= 15 is 0 Å². The fourth-order valence-electron chi connectivity index (χ4n) is 1.81. The third-order valence-corrected chi connectivity index (χ3v) is 2.74. The van der Waals surface area contributed by atoms with Gasteiger partial charge in [0.05, 0.1) is 6.54 Å². The van der Waals surface area contributed by atoms with Gasteiger partial charge in [-0.2, -0.15) is 0 Å². The van der Waals surface area contributed by atoms with Gasteiger partial charge < -0.3 is 24.5 Å². The van der Waals surface area contributed by atoms with Gasteiger partial charge in [-0.3, -0.25) is 0 Å². The standard InChI is InChI=1S/C13H15N3O3/c1-2-11-12(19-9-18-11)7-10(1)17-6-5-14-8-13-15-3-4-16-13/h1-4,7,14H,5-6,8-9H2,(H,15,16). The highest BCUT2D eigenvalue weighted by molar-refractivity contribution is 5.46. The van der Waals surface area contributed by atoms with Crippen LogP contribution in [0.4, 0.5) is 0 Å². The van der Waals surface area contributed by atoms with E-state index in [0.717, 1.165) is 29.6 Å².